The largest absolute Gasteiger partial charge is 0.494 e. The lowest BCUT2D eigenvalue weighted by molar-refractivity contribution is 0.0647. The average molecular weight is 309 g/mol. The Bertz CT molecular complexity index is 732. The maximum atomic E-state index is 12.2. The fourth-order valence-electron chi connectivity index (χ4n) is 2.66. The summed E-state index contributed by atoms with van der Waals surface area (Å²) >= 11 is 0. The summed E-state index contributed by atoms with van der Waals surface area (Å²) in [7, 11) is 0. The maximum Gasteiger partial charge on any atom is 0.261 e. The molecule has 1 aliphatic rings. The Morgan fingerprint density at radius 1 is 0.913 bits per heavy atom. The Kier molecular flexibility index (Phi) is 4.15. The number of ether oxygens (including phenoxy) is 1. The molecule has 0 atom stereocenters. The third-order valence-electron chi connectivity index (χ3n) is 4.15. The van der Waals surface area contributed by atoms with Crippen molar-refractivity contribution in [3.63, 3.8) is 0 Å². The van der Waals surface area contributed by atoms with E-state index in [4.69, 9.17) is 4.74 Å². The molecule has 0 fully saturated rings. The lowest BCUT2D eigenvalue weighted by Crippen LogP contribution is -2.31. The molecule has 3 rings (SSSR count). The number of amides is 2. The van der Waals surface area contributed by atoms with Crippen LogP contribution in [0.2, 0.25) is 0 Å². The monoisotopic (exact) mass is 309 g/mol. The van der Waals surface area contributed by atoms with E-state index in [1.165, 1.54) is 16.0 Å². The van der Waals surface area contributed by atoms with Crippen molar-refractivity contribution in [1.29, 1.82) is 0 Å². The van der Waals surface area contributed by atoms with Crippen molar-refractivity contribution in [3.8, 4) is 5.75 Å². The lowest BCUT2D eigenvalue weighted by atomic mass is 10.1. The van der Waals surface area contributed by atoms with E-state index >= 15 is 0 Å². The summed E-state index contributed by atoms with van der Waals surface area (Å²) in [6.07, 6.45) is 0.610. The van der Waals surface area contributed by atoms with Gasteiger partial charge in [-0.15, -0.1) is 0 Å². The molecule has 0 bridgehead atoms. The Balaban J connectivity index is 1.55. The number of hydrogen-bond acceptors (Lipinski definition) is 3. The first-order chi connectivity index (χ1) is 11.1. The van der Waals surface area contributed by atoms with E-state index in [-0.39, 0.29) is 11.8 Å². The van der Waals surface area contributed by atoms with Gasteiger partial charge in [-0.2, -0.15) is 0 Å². The van der Waals surface area contributed by atoms with Crippen LogP contribution in [-0.2, 0) is 0 Å². The van der Waals surface area contributed by atoms with Crippen molar-refractivity contribution in [2.45, 2.75) is 20.3 Å². The lowest BCUT2D eigenvalue weighted by Gasteiger charge is -2.14. The summed E-state index contributed by atoms with van der Waals surface area (Å²) < 4.78 is 5.70. The number of aryl methyl sites for hydroxylation is 2. The molecule has 1 aliphatic heterocycles. The summed E-state index contributed by atoms with van der Waals surface area (Å²) in [5, 5.41) is 0. The fraction of sp³-hybridized carbons (Fsp3) is 0.263. The molecule has 0 saturated carbocycles. The highest BCUT2D eigenvalue weighted by Crippen LogP contribution is 2.22. The molecule has 23 heavy (non-hydrogen) atoms. The third kappa shape index (κ3) is 2.97. The number of hydrogen-bond donors (Lipinski definition) is 0. The molecular weight excluding hydrogens is 290 g/mol. The normalized spacial score (nSPS) is 13.4. The van der Waals surface area contributed by atoms with Gasteiger partial charge in [0.2, 0.25) is 0 Å². The zero-order valence-corrected chi connectivity index (χ0v) is 13.3. The number of benzene rings is 2. The number of carbonyl (C=O) groups excluding carboxylic acids is 2. The van der Waals surface area contributed by atoms with Gasteiger partial charge in [0.05, 0.1) is 17.7 Å². The van der Waals surface area contributed by atoms with Crippen LogP contribution < -0.4 is 4.74 Å². The number of carbonyl (C=O) groups is 2. The highest BCUT2D eigenvalue weighted by molar-refractivity contribution is 6.21. The Morgan fingerprint density at radius 2 is 1.57 bits per heavy atom. The second kappa shape index (κ2) is 6.24. The molecule has 2 aromatic carbocycles. The van der Waals surface area contributed by atoms with Crippen molar-refractivity contribution in [2.75, 3.05) is 13.2 Å². The zero-order chi connectivity index (χ0) is 16.4. The second-order valence-corrected chi connectivity index (χ2v) is 5.76. The second-order valence-electron chi connectivity index (χ2n) is 5.76. The van der Waals surface area contributed by atoms with Crippen LogP contribution in [0.15, 0.2) is 42.5 Å². The van der Waals surface area contributed by atoms with Crippen LogP contribution >= 0.6 is 0 Å². The van der Waals surface area contributed by atoms with Gasteiger partial charge in [-0.05, 0) is 55.7 Å². The average Bonchev–Trinajstić information content (AvgIpc) is 2.80. The Hall–Kier alpha value is -2.62. The van der Waals surface area contributed by atoms with Crippen LogP contribution in [0.25, 0.3) is 0 Å². The molecule has 0 aliphatic carbocycles. The van der Waals surface area contributed by atoms with Gasteiger partial charge in [0.15, 0.2) is 0 Å². The zero-order valence-electron chi connectivity index (χ0n) is 13.3. The quantitative estimate of drug-likeness (QED) is 0.628. The molecule has 0 aromatic heterocycles. The molecule has 0 radical (unpaired) electrons. The van der Waals surface area contributed by atoms with E-state index < -0.39 is 0 Å². The van der Waals surface area contributed by atoms with Gasteiger partial charge >= 0.3 is 0 Å². The molecule has 4 heteroatoms. The number of rotatable bonds is 5. The van der Waals surface area contributed by atoms with Crippen molar-refractivity contribution < 1.29 is 14.3 Å². The van der Waals surface area contributed by atoms with Crippen molar-refractivity contribution in [1.82, 2.24) is 4.90 Å². The summed E-state index contributed by atoms with van der Waals surface area (Å²) in [4.78, 5) is 25.7. The van der Waals surface area contributed by atoms with E-state index in [0.29, 0.717) is 30.7 Å². The smallest absolute Gasteiger partial charge is 0.261 e. The standard InChI is InChI=1S/C19H19NO3/c1-13-8-9-15(12-14(13)2)23-11-5-10-20-18(21)16-6-3-4-7-17(16)19(20)22/h3-4,6-9,12H,5,10-11H2,1-2H3. The van der Waals surface area contributed by atoms with Crippen molar-refractivity contribution in [2.24, 2.45) is 0 Å². The van der Waals surface area contributed by atoms with Crippen LogP contribution in [0.5, 0.6) is 5.75 Å². The van der Waals surface area contributed by atoms with Gasteiger partial charge in [-0.25, -0.2) is 0 Å². The first kappa shape index (κ1) is 15.3. The molecule has 2 amide bonds. The van der Waals surface area contributed by atoms with Gasteiger partial charge in [-0.3, -0.25) is 14.5 Å². The van der Waals surface area contributed by atoms with Crippen LogP contribution in [-0.4, -0.2) is 29.9 Å². The minimum atomic E-state index is -0.211. The Morgan fingerprint density at radius 3 is 2.17 bits per heavy atom. The van der Waals surface area contributed by atoms with Crippen LogP contribution in [0, 0.1) is 13.8 Å². The van der Waals surface area contributed by atoms with E-state index in [1.54, 1.807) is 24.3 Å². The van der Waals surface area contributed by atoms with E-state index in [9.17, 15) is 9.59 Å². The van der Waals surface area contributed by atoms with Crippen molar-refractivity contribution in [3.05, 3.63) is 64.7 Å². The predicted octanol–water partition coefficient (Wildman–Crippen LogP) is 3.37. The summed E-state index contributed by atoms with van der Waals surface area (Å²) in [6.45, 7) is 4.94. The van der Waals surface area contributed by atoms with E-state index in [1.807, 2.05) is 25.1 Å². The number of nitrogens with zero attached hydrogens (tertiary/aromatic N) is 1. The highest BCUT2D eigenvalue weighted by atomic mass is 16.5. The van der Waals surface area contributed by atoms with Gasteiger partial charge < -0.3 is 4.74 Å². The number of fused-ring (bicyclic) bond motifs is 1. The minimum Gasteiger partial charge on any atom is -0.494 e. The fourth-order valence-corrected chi connectivity index (χ4v) is 2.66. The van der Waals surface area contributed by atoms with Crippen molar-refractivity contribution >= 4 is 11.8 Å². The third-order valence-corrected chi connectivity index (χ3v) is 4.15. The molecule has 0 spiro atoms. The van der Waals surface area contributed by atoms with Crippen LogP contribution in [0.1, 0.15) is 38.3 Å². The van der Waals surface area contributed by atoms with Gasteiger partial charge in [-0.1, -0.05) is 18.2 Å². The Labute approximate surface area is 135 Å². The molecule has 2 aromatic rings. The minimum absolute atomic E-state index is 0.211. The SMILES string of the molecule is Cc1ccc(OCCCN2C(=O)c3ccccc3C2=O)cc1C. The first-order valence-electron chi connectivity index (χ1n) is 7.73. The molecular formula is C19H19NO3. The topological polar surface area (TPSA) is 46.6 Å². The summed E-state index contributed by atoms with van der Waals surface area (Å²) in [5.41, 5.74) is 3.39. The van der Waals surface area contributed by atoms with Gasteiger partial charge in [0.1, 0.15) is 5.75 Å². The highest BCUT2D eigenvalue weighted by Gasteiger charge is 2.34. The summed E-state index contributed by atoms with van der Waals surface area (Å²) in [6, 6.07) is 12.9. The van der Waals surface area contributed by atoms with E-state index in [2.05, 4.69) is 6.92 Å². The molecule has 0 saturated heterocycles. The predicted molar refractivity (Wildman–Crippen MR) is 87.8 cm³/mol. The first-order valence-corrected chi connectivity index (χ1v) is 7.73. The number of imide groups is 1. The van der Waals surface area contributed by atoms with Crippen LogP contribution in [0.3, 0.4) is 0 Å². The molecule has 1 heterocycles. The maximum absolute atomic E-state index is 12.2. The molecule has 0 N–H and O–H groups in total. The molecule has 118 valence electrons. The summed E-state index contributed by atoms with van der Waals surface area (Å²) in [5.74, 6) is 0.393. The van der Waals surface area contributed by atoms with Gasteiger partial charge in [0, 0.05) is 6.54 Å². The molecule has 0 unspecified atom stereocenters. The van der Waals surface area contributed by atoms with Gasteiger partial charge in [0.25, 0.3) is 11.8 Å². The molecule has 4 nitrogen and oxygen atoms in total. The van der Waals surface area contributed by atoms with E-state index in [0.717, 1.165) is 5.75 Å². The van der Waals surface area contributed by atoms with Crippen LogP contribution in [0.4, 0.5) is 0 Å².